The first-order chi connectivity index (χ1) is 9.25. The maximum absolute atomic E-state index is 13.1. The monoisotopic (exact) mass is 276 g/mol. The first kappa shape index (κ1) is 12.3. The summed E-state index contributed by atoms with van der Waals surface area (Å²) in [5.74, 6) is -0.727. The van der Waals surface area contributed by atoms with E-state index in [1.807, 2.05) is 22.4 Å². The molecule has 0 saturated carbocycles. The molecule has 0 aromatic carbocycles. The van der Waals surface area contributed by atoms with Gasteiger partial charge in [-0.3, -0.25) is 4.79 Å². The lowest BCUT2D eigenvalue weighted by Crippen LogP contribution is -2.30. The minimum absolute atomic E-state index is 0.114. The Morgan fingerprint density at radius 3 is 3.11 bits per heavy atom. The summed E-state index contributed by atoms with van der Waals surface area (Å²) in [6.45, 7) is 0.728. The lowest BCUT2D eigenvalue weighted by Gasteiger charge is -2.23. The zero-order valence-electron chi connectivity index (χ0n) is 10.3. The average Bonchev–Trinajstić information content (AvgIpc) is 3.08. The summed E-state index contributed by atoms with van der Waals surface area (Å²) in [6, 6.07) is 6.94. The highest BCUT2D eigenvalue weighted by atomic mass is 32.1. The van der Waals surface area contributed by atoms with Crippen LogP contribution in [0.5, 0.6) is 0 Å². The van der Waals surface area contributed by atoms with Crippen LogP contribution in [0.1, 0.15) is 34.1 Å². The number of thiophene rings is 1. The van der Waals surface area contributed by atoms with Crippen molar-refractivity contribution in [3.8, 4) is 0 Å². The predicted molar refractivity (Wildman–Crippen MR) is 71.5 cm³/mol. The van der Waals surface area contributed by atoms with Gasteiger partial charge >= 0.3 is 0 Å². The van der Waals surface area contributed by atoms with E-state index in [2.05, 4.69) is 4.98 Å². The zero-order valence-corrected chi connectivity index (χ0v) is 11.1. The van der Waals surface area contributed by atoms with Crippen molar-refractivity contribution in [2.45, 2.75) is 18.9 Å². The van der Waals surface area contributed by atoms with Gasteiger partial charge < -0.3 is 4.90 Å². The van der Waals surface area contributed by atoms with Crippen molar-refractivity contribution in [1.82, 2.24) is 9.88 Å². The third-order valence-electron chi connectivity index (χ3n) is 3.36. The maximum atomic E-state index is 13.1. The number of aromatic nitrogens is 1. The van der Waals surface area contributed by atoms with Crippen LogP contribution in [-0.2, 0) is 0 Å². The molecule has 1 fully saturated rings. The van der Waals surface area contributed by atoms with E-state index in [4.69, 9.17) is 0 Å². The molecule has 3 rings (SSSR count). The highest BCUT2D eigenvalue weighted by molar-refractivity contribution is 7.10. The molecule has 1 amide bonds. The van der Waals surface area contributed by atoms with Gasteiger partial charge in [0.15, 0.2) is 0 Å². The van der Waals surface area contributed by atoms with Crippen LogP contribution in [0.4, 0.5) is 4.39 Å². The van der Waals surface area contributed by atoms with Crippen molar-refractivity contribution in [3.63, 3.8) is 0 Å². The molecule has 1 aliphatic heterocycles. The molecule has 1 aliphatic rings. The van der Waals surface area contributed by atoms with Gasteiger partial charge in [-0.05, 0) is 30.4 Å². The van der Waals surface area contributed by atoms with Crippen LogP contribution in [-0.4, -0.2) is 22.3 Å². The molecule has 0 N–H and O–H groups in total. The van der Waals surface area contributed by atoms with Gasteiger partial charge in [0.1, 0.15) is 0 Å². The van der Waals surface area contributed by atoms with Gasteiger partial charge in [0.05, 0.1) is 6.04 Å². The minimum Gasteiger partial charge on any atom is -0.331 e. The van der Waals surface area contributed by atoms with Gasteiger partial charge in [-0.2, -0.15) is 4.39 Å². The molecule has 0 aliphatic carbocycles. The van der Waals surface area contributed by atoms with Gasteiger partial charge in [-0.1, -0.05) is 6.07 Å². The van der Waals surface area contributed by atoms with E-state index < -0.39 is 5.95 Å². The van der Waals surface area contributed by atoms with Gasteiger partial charge in [0.2, 0.25) is 5.95 Å². The molecule has 3 heterocycles. The van der Waals surface area contributed by atoms with Crippen LogP contribution in [0.2, 0.25) is 0 Å². The summed E-state index contributed by atoms with van der Waals surface area (Å²) >= 11 is 1.66. The van der Waals surface area contributed by atoms with Crippen LogP contribution in [0.15, 0.2) is 35.8 Å². The number of pyridine rings is 1. The van der Waals surface area contributed by atoms with E-state index in [-0.39, 0.29) is 11.9 Å². The van der Waals surface area contributed by atoms with Gasteiger partial charge in [-0.25, -0.2) is 4.98 Å². The van der Waals surface area contributed by atoms with Crippen molar-refractivity contribution >= 4 is 17.2 Å². The molecule has 2 aromatic heterocycles. The molecule has 19 heavy (non-hydrogen) atoms. The van der Waals surface area contributed by atoms with E-state index in [1.54, 1.807) is 17.4 Å². The molecule has 0 spiro atoms. The third-order valence-corrected chi connectivity index (χ3v) is 4.33. The molecule has 1 unspecified atom stereocenters. The second-order valence-corrected chi connectivity index (χ2v) is 5.52. The SMILES string of the molecule is O=C(c1ccnc(F)c1)N1CCCC1c1cccs1. The Labute approximate surface area is 114 Å². The van der Waals surface area contributed by atoms with E-state index in [9.17, 15) is 9.18 Å². The first-order valence-electron chi connectivity index (χ1n) is 6.21. The van der Waals surface area contributed by atoms with Crippen LogP contribution < -0.4 is 0 Å². The molecule has 98 valence electrons. The second kappa shape index (κ2) is 5.09. The second-order valence-electron chi connectivity index (χ2n) is 4.54. The fraction of sp³-hybridized carbons (Fsp3) is 0.286. The predicted octanol–water partition coefficient (Wildman–Crippen LogP) is 3.26. The number of carbonyl (C=O) groups excluding carboxylic acids is 1. The molecule has 0 bridgehead atoms. The van der Waals surface area contributed by atoms with E-state index in [1.165, 1.54) is 17.1 Å². The van der Waals surface area contributed by atoms with E-state index in [0.717, 1.165) is 19.4 Å². The summed E-state index contributed by atoms with van der Waals surface area (Å²) in [5.41, 5.74) is 0.371. The molecule has 3 nitrogen and oxygen atoms in total. The summed E-state index contributed by atoms with van der Waals surface area (Å²) < 4.78 is 13.1. The van der Waals surface area contributed by atoms with Gasteiger partial charge in [0, 0.05) is 29.2 Å². The minimum atomic E-state index is -0.613. The number of hydrogen-bond acceptors (Lipinski definition) is 3. The van der Waals surface area contributed by atoms with Crippen molar-refractivity contribution in [2.24, 2.45) is 0 Å². The topological polar surface area (TPSA) is 33.2 Å². The fourth-order valence-corrected chi connectivity index (χ4v) is 3.36. The van der Waals surface area contributed by atoms with Gasteiger partial charge in [-0.15, -0.1) is 11.3 Å². The van der Waals surface area contributed by atoms with E-state index >= 15 is 0 Å². The average molecular weight is 276 g/mol. The number of carbonyl (C=O) groups is 1. The molecular formula is C14H13FN2OS. The molecule has 2 aromatic rings. The summed E-state index contributed by atoms with van der Waals surface area (Å²) in [6.07, 6.45) is 3.29. The number of nitrogens with zero attached hydrogens (tertiary/aromatic N) is 2. The van der Waals surface area contributed by atoms with Gasteiger partial charge in [0.25, 0.3) is 5.91 Å². The maximum Gasteiger partial charge on any atom is 0.254 e. The highest BCUT2D eigenvalue weighted by Gasteiger charge is 2.31. The van der Waals surface area contributed by atoms with Crippen LogP contribution in [0.3, 0.4) is 0 Å². The van der Waals surface area contributed by atoms with Crippen molar-refractivity contribution in [3.05, 3.63) is 52.2 Å². The first-order valence-corrected chi connectivity index (χ1v) is 7.09. The lowest BCUT2D eigenvalue weighted by molar-refractivity contribution is 0.0737. The number of likely N-dealkylation sites (tertiary alicyclic amines) is 1. The Morgan fingerprint density at radius 1 is 1.47 bits per heavy atom. The van der Waals surface area contributed by atoms with E-state index in [0.29, 0.717) is 5.56 Å². The Balaban J connectivity index is 1.87. The fourth-order valence-electron chi connectivity index (χ4n) is 2.49. The molecule has 1 saturated heterocycles. The largest absolute Gasteiger partial charge is 0.331 e. The third kappa shape index (κ3) is 2.38. The standard InChI is InChI=1S/C14H13FN2OS/c15-13-9-10(5-6-16-13)14(18)17-7-1-3-11(17)12-4-2-8-19-12/h2,4-6,8-9,11H,1,3,7H2. The summed E-state index contributed by atoms with van der Waals surface area (Å²) in [7, 11) is 0. The molecule has 1 atom stereocenters. The Kier molecular flexibility index (Phi) is 3.29. The van der Waals surface area contributed by atoms with Crippen LogP contribution in [0, 0.1) is 5.95 Å². The summed E-state index contributed by atoms with van der Waals surface area (Å²) in [5, 5.41) is 2.02. The Morgan fingerprint density at radius 2 is 2.37 bits per heavy atom. The Bertz CT molecular complexity index is 585. The molecular weight excluding hydrogens is 263 g/mol. The zero-order chi connectivity index (χ0) is 13.2. The van der Waals surface area contributed by atoms with Crippen molar-refractivity contribution in [2.75, 3.05) is 6.54 Å². The Hall–Kier alpha value is -1.75. The van der Waals surface area contributed by atoms with Crippen molar-refractivity contribution < 1.29 is 9.18 Å². The molecule has 5 heteroatoms. The summed E-state index contributed by atoms with van der Waals surface area (Å²) in [4.78, 5) is 19.0. The number of rotatable bonds is 2. The van der Waals surface area contributed by atoms with Crippen molar-refractivity contribution in [1.29, 1.82) is 0 Å². The smallest absolute Gasteiger partial charge is 0.254 e. The molecule has 0 radical (unpaired) electrons. The number of halogens is 1. The van der Waals surface area contributed by atoms with Crippen LogP contribution >= 0.6 is 11.3 Å². The lowest BCUT2D eigenvalue weighted by atomic mass is 10.1. The highest BCUT2D eigenvalue weighted by Crippen LogP contribution is 2.35. The number of hydrogen-bond donors (Lipinski definition) is 0. The quantitative estimate of drug-likeness (QED) is 0.789. The van der Waals surface area contributed by atoms with Crippen LogP contribution in [0.25, 0.3) is 0 Å². The number of amides is 1. The normalized spacial score (nSPS) is 18.8.